The Hall–Kier alpha value is -0.130. The largest absolute Gasteiger partial charge is 0.391 e. The van der Waals surface area contributed by atoms with E-state index in [0.29, 0.717) is 19.3 Å². The predicted octanol–water partition coefficient (Wildman–Crippen LogP) is 0.599. The third-order valence-corrected chi connectivity index (χ3v) is 3.81. The second-order valence-electron chi connectivity index (χ2n) is 3.40. The van der Waals surface area contributed by atoms with Crippen LogP contribution in [0.2, 0.25) is 0 Å². The van der Waals surface area contributed by atoms with Gasteiger partial charge in [-0.05, 0) is 19.3 Å². The van der Waals surface area contributed by atoms with Crippen LogP contribution < -0.4 is 0 Å². The van der Waals surface area contributed by atoms with Gasteiger partial charge in [-0.15, -0.1) is 0 Å². The zero-order valence-corrected chi connectivity index (χ0v) is 9.72. The van der Waals surface area contributed by atoms with E-state index in [1.807, 2.05) is 6.92 Å². The van der Waals surface area contributed by atoms with Crippen molar-refractivity contribution in [3.63, 3.8) is 0 Å². The van der Waals surface area contributed by atoms with Gasteiger partial charge in [0.2, 0.25) is 0 Å². The summed E-state index contributed by atoms with van der Waals surface area (Å²) in [6, 6.07) is 0. The fourth-order valence-corrected chi connectivity index (χ4v) is 2.66. The molecule has 0 bridgehead atoms. The molecule has 0 spiro atoms. The maximum atomic E-state index is 11.3. The highest BCUT2D eigenvalue weighted by Gasteiger charge is 2.10. The van der Waals surface area contributed by atoms with E-state index >= 15 is 0 Å². The average Bonchev–Trinajstić information content (AvgIpc) is 2.03. The molecule has 1 atom stereocenters. The van der Waals surface area contributed by atoms with Crippen molar-refractivity contribution in [2.45, 2.75) is 32.3 Å². The molecule has 0 rings (SSSR count). The van der Waals surface area contributed by atoms with Crippen LogP contribution in [0.1, 0.15) is 26.2 Å². The monoisotopic (exact) mass is 224 g/mol. The van der Waals surface area contributed by atoms with Gasteiger partial charge in [0.25, 0.3) is 0 Å². The summed E-state index contributed by atoms with van der Waals surface area (Å²) >= 11 is 0. The van der Waals surface area contributed by atoms with Crippen LogP contribution in [-0.4, -0.2) is 44.9 Å². The molecule has 0 radical (unpaired) electrons. The molecule has 5 heteroatoms. The molecule has 0 aliphatic carbocycles. The fraction of sp³-hybridized carbons (Fsp3) is 1.00. The van der Waals surface area contributed by atoms with Gasteiger partial charge in [0.05, 0.1) is 18.5 Å². The summed E-state index contributed by atoms with van der Waals surface area (Å²) in [4.78, 5) is 0. The second-order valence-corrected chi connectivity index (χ2v) is 5.71. The van der Waals surface area contributed by atoms with Crippen molar-refractivity contribution < 1.29 is 18.3 Å². The van der Waals surface area contributed by atoms with E-state index in [2.05, 4.69) is 0 Å². The molecule has 1 N–H and O–H groups in total. The lowest BCUT2D eigenvalue weighted by atomic mass is 10.2. The number of sulfone groups is 1. The summed E-state index contributed by atoms with van der Waals surface area (Å²) in [5, 5.41) is 9.26. The lowest BCUT2D eigenvalue weighted by Gasteiger charge is -2.08. The van der Waals surface area contributed by atoms with Crippen molar-refractivity contribution in [2.24, 2.45) is 0 Å². The second kappa shape index (κ2) is 7.20. The summed E-state index contributed by atoms with van der Waals surface area (Å²) in [6.07, 6.45) is 1.10. The topological polar surface area (TPSA) is 63.6 Å². The number of rotatable bonds is 8. The smallest absolute Gasteiger partial charge is 0.150 e. The minimum atomic E-state index is -2.89. The molecule has 1 unspecified atom stereocenters. The standard InChI is InChI=1S/C9H20O4S/c1-3-6-14(11,12)7-4-5-9(10)8-13-2/h9-10H,3-8H2,1-2H3. The van der Waals surface area contributed by atoms with Gasteiger partial charge in [0.1, 0.15) is 9.84 Å². The molecule has 0 aliphatic heterocycles. The van der Waals surface area contributed by atoms with Gasteiger partial charge in [-0.1, -0.05) is 6.92 Å². The van der Waals surface area contributed by atoms with Gasteiger partial charge in [-0.3, -0.25) is 0 Å². The number of hydrogen-bond donors (Lipinski definition) is 1. The lowest BCUT2D eigenvalue weighted by molar-refractivity contribution is 0.0590. The highest BCUT2D eigenvalue weighted by atomic mass is 32.2. The first-order valence-electron chi connectivity index (χ1n) is 4.89. The van der Waals surface area contributed by atoms with Crippen LogP contribution >= 0.6 is 0 Å². The Labute approximate surface area is 86.2 Å². The van der Waals surface area contributed by atoms with Gasteiger partial charge in [0.15, 0.2) is 0 Å². The van der Waals surface area contributed by atoms with Crippen LogP contribution in [0.3, 0.4) is 0 Å². The van der Waals surface area contributed by atoms with Gasteiger partial charge < -0.3 is 9.84 Å². The molecule has 14 heavy (non-hydrogen) atoms. The Balaban J connectivity index is 3.63. The van der Waals surface area contributed by atoms with Crippen molar-refractivity contribution in [1.29, 1.82) is 0 Å². The van der Waals surface area contributed by atoms with Crippen LogP contribution in [0.5, 0.6) is 0 Å². The van der Waals surface area contributed by atoms with Crippen molar-refractivity contribution in [1.82, 2.24) is 0 Å². The van der Waals surface area contributed by atoms with E-state index in [0.717, 1.165) is 0 Å². The predicted molar refractivity (Wildman–Crippen MR) is 56.1 cm³/mol. The molecular weight excluding hydrogens is 204 g/mol. The summed E-state index contributed by atoms with van der Waals surface area (Å²) in [5.41, 5.74) is 0. The average molecular weight is 224 g/mol. The van der Waals surface area contributed by atoms with Gasteiger partial charge in [-0.2, -0.15) is 0 Å². The molecule has 0 aromatic heterocycles. The molecule has 0 saturated carbocycles. The molecule has 0 aromatic rings. The minimum Gasteiger partial charge on any atom is -0.391 e. The maximum absolute atomic E-state index is 11.3. The number of hydrogen-bond acceptors (Lipinski definition) is 4. The van der Waals surface area contributed by atoms with Crippen LogP contribution in [0, 0.1) is 0 Å². The number of methoxy groups -OCH3 is 1. The van der Waals surface area contributed by atoms with Gasteiger partial charge in [0, 0.05) is 12.9 Å². The normalized spacial score (nSPS) is 14.2. The zero-order chi connectivity index (χ0) is 11.0. The van der Waals surface area contributed by atoms with Crippen molar-refractivity contribution in [3.05, 3.63) is 0 Å². The Kier molecular flexibility index (Phi) is 7.13. The molecule has 0 aliphatic rings. The highest BCUT2D eigenvalue weighted by Crippen LogP contribution is 2.02. The van der Waals surface area contributed by atoms with Crippen molar-refractivity contribution >= 4 is 9.84 Å². The molecule has 0 aromatic carbocycles. The Morgan fingerprint density at radius 2 is 2.00 bits per heavy atom. The van der Waals surface area contributed by atoms with Crippen molar-refractivity contribution in [3.8, 4) is 0 Å². The third kappa shape index (κ3) is 7.29. The quantitative estimate of drug-likeness (QED) is 0.655. The van der Waals surface area contributed by atoms with E-state index in [4.69, 9.17) is 4.74 Å². The summed E-state index contributed by atoms with van der Waals surface area (Å²) in [7, 11) is -1.38. The van der Waals surface area contributed by atoms with Crippen LogP contribution in [0.4, 0.5) is 0 Å². The Morgan fingerprint density at radius 3 is 2.50 bits per heavy atom. The molecule has 4 nitrogen and oxygen atoms in total. The molecule has 0 heterocycles. The minimum absolute atomic E-state index is 0.168. The fourth-order valence-electron chi connectivity index (χ4n) is 1.23. The molecule has 0 saturated heterocycles. The number of ether oxygens (including phenoxy) is 1. The SMILES string of the molecule is CCCS(=O)(=O)CCCC(O)COC. The Morgan fingerprint density at radius 1 is 1.36 bits per heavy atom. The summed E-state index contributed by atoms with van der Waals surface area (Å²) in [6.45, 7) is 2.12. The summed E-state index contributed by atoms with van der Waals surface area (Å²) < 4.78 is 27.2. The number of aliphatic hydroxyl groups is 1. The zero-order valence-electron chi connectivity index (χ0n) is 8.90. The van der Waals surface area contributed by atoms with Crippen molar-refractivity contribution in [2.75, 3.05) is 25.2 Å². The number of aliphatic hydroxyl groups excluding tert-OH is 1. The van der Waals surface area contributed by atoms with E-state index < -0.39 is 15.9 Å². The summed E-state index contributed by atoms with van der Waals surface area (Å²) in [5.74, 6) is 0.412. The Bertz CT molecular complexity index is 223. The lowest BCUT2D eigenvalue weighted by Crippen LogP contribution is -2.17. The maximum Gasteiger partial charge on any atom is 0.150 e. The molecule has 0 fully saturated rings. The van der Waals surface area contributed by atoms with Crippen LogP contribution in [-0.2, 0) is 14.6 Å². The molecular formula is C9H20O4S. The van der Waals surface area contributed by atoms with E-state index in [-0.39, 0.29) is 18.1 Å². The van der Waals surface area contributed by atoms with Crippen LogP contribution in [0.25, 0.3) is 0 Å². The van der Waals surface area contributed by atoms with Crippen LogP contribution in [0.15, 0.2) is 0 Å². The first-order valence-corrected chi connectivity index (χ1v) is 6.71. The first-order chi connectivity index (χ1) is 6.52. The van der Waals surface area contributed by atoms with Gasteiger partial charge in [-0.25, -0.2) is 8.42 Å². The van der Waals surface area contributed by atoms with Gasteiger partial charge >= 0.3 is 0 Å². The molecule has 86 valence electrons. The highest BCUT2D eigenvalue weighted by molar-refractivity contribution is 7.91. The van der Waals surface area contributed by atoms with E-state index in [9.17, 15) is 13.5 Å². The molecule has 0 amide bonds. The first kappa shape index (κ1) is 13.9. The van der Waals surface area contributed by atoms with E-state index in [1.54, 1.807) is 0 Å². The van der Waals surface area contributed by atoms with E-state index in [1.165, 1.54) is 7.11 Å². The third-order valence-electron chi connectivity index (χ3n) is 1.87.